The van der Waals surface area contributed by atoms with Crippen LogP contribution in [0.4, 0.5) is 11.4 Å². The number of benzene rings is 1. The monoisotopic (exact) mass is 443 g/mol. The summed E-state index contributed by atoms with van der Waals surface area (Å²) in [7, 11) is 0. The molecule has 6 heteroatoms. The fourth-order valence-electron chi connectivity index (χ4n) is 5.77. The van der Waals surface area contributed by atoms with Crippen LogP contribution in [0, 0.1) is 5.92 Å². The van der Waals surface area contributed by atoms with Crippen molar-refractivity contribution in [1.82, 2.24) is 9.97 Å². The Hall–Kier alpha value is -2.99. The summed E-state index contributed by atoms with van der Waals surface area (Å²) < 4.78 is 0. The van der Waals surface area contributed by atoms with E-state index in [0.29, 0.717) is 23.4 Å². The van der Waals surface area contributed by atoms with Crippen molar-refractivity contribution < 1.29 is 4.79 Å². The van der Waals surface area contributed by atoms with E-state index in [1.54, 1.807) is 12.4 Å². The Bertz CT molecular complexity index is 1150. The van der Waals surface area contributed by atoms with E-state index in [4.69, 9.17) is 10.7 Å². The van der Waals surface area contributed by atoms with Gasteiger partial charge in [0.25, 0.3) is 5.91 Å². The molecule has 6 nitrogen and oxygen atoms in total. The van der Waals surface area contributed by atoms with Gasteiger partial charge in [0.15, 0.2) is 0 Å². The highest BCUT2D eigenvalue weighted by molar-refractivity contribution is 6.12. The maximum absolute atomic E-state index is 13.4. The predicted octanol–water partition coefficient (Wildman–Crippen LogP) is 5.10. The highest BCUT2D eigenvalue weighted by atomic mass is 16.1. The van der Waals surface area contributed by atoms with E-state index in [1.165, 1.54) is 12.8 Å². The molecule has 1 aliphatic heterocycles. The average molecular weight is 444 g/mol. The molecule has 3 heterocycles. The lowest BCUT2D eigenvalue weighted by Crippen LogP contribution is -2.31. The number of hydrogen-bond acceptors (Lipinski definition) is 5. The predicted molar refractivity (Wildman–Crippen MR) is 134 cm³/mol. The minimum Gasteiger partial charge on any atom is -0.368 e. The molecule has 2 fully saturated rings. The van der Waals surface area contributed by atoms with Crippen LogP contribution in [0.2, 0.25) is 0 Å². The number of nitrogens with two attached hydrogens (primary N) is 1. The normalized spacial score (nSPS) is 25.4. The first-order valence-corrected chi connectivity index (χ1v) is 12.2. The van der Waals surface area contributed by atoms with Crippen molar-refractivity contribution in [3.8, 4) is 0 Å². The van der Waals surface area contributed by atoms with Gasteiger partial charge < -0.3 is 16.0 Å². The van der Waals surface area contributed by atoms with E-state index in [1.807, 2.05) is 30.5 Å². The van der Waals surface area contributed by atoms with Crippen LogP contribution in [-0.2, 0) is 0 Å². The number of carbonyl (C=O) groups is 1. The zero-order valence-electron chi connectivity index (χ0n) is 19.5. The van der Waals surface area contributed by atoms with Crippen LogP contribution in [0.25, 0.3) is 10.9 Å². The second kappa shape index (κ2) is 9.10. The van der Waals surface area contributed by atoms with E-state index in [2.05, 4.69) is 35.1 Å². The standard InChI is InChI=1S/C27H33N5O/c1-17-11-20(13-21(28)12-17)23-8-9-29-16-25(23)31-27(33)24-7-3-6-19-14-22(15-30-26(19)24)32-10-4-5-18(32)2/h3,6-9,14-18,20-21H,4-5,10-13,28H2,1-2H3,(H,31,33)/t17-,18-,20+,21-/m0/s1. The summed E-state index contributed by atoms with van der Waals surface area (Å²) in [4.78, 5) is 24.8. The number of anilines is 2. The number of para-hydroxylation sites is 1. The van der Waals surface area contributed by atoms with Crippen molar-refractivity contribution in [2.45, 2.75) is 64.0 Å². The van der Waals surface area contributed by atoms with Gasteiger partial charge in [-0.05, 0) is 74.6 Å². The summed E-state index contributed by atoms with van der Waals surface area (Å²) in [6.07, 6.45) is 10.9. The molecular weight excluding hydrogens is 410 g/mol. The smallest absolute Gasteiger partial charge is 0.257 e. The van der Waals surface area contributed by atoms with Gasteiger partial charge in [-0.1, -0.05) is 19.1 Å². The fourth-order valence-corrected chi connectivity index (χ4v) is 5.77. The molecule has 1 saturated heterocycles. The van der Waals surface area contributed by atoms with Crippen molar-refractivity contribution in [2.75, 3.05) is 16.8 Å². The number of nitrogens with zero attached hydrogens (tertiary/aromatic N) is 3. The largest absolute Gasteiger partial charge is 0.368 e. The van der Waals surface area contributed by atoms with Gasteiger partial charge >= 0.3 is 0 Å². The SMILES string of the molecule is C[C@@H]1C[C@H](N)C[C@H](c2ccncc2NC(=O)c2cccc3cc(N4CCC[C@@H]4C)cnc23)C1. The van der Waals surface area contributed by atoms with Crippen molar-refractivity contribution >= 4 is 28.2 Å². The minimum atomic E-state index is -0.155. The molecule has 3 aromatic rings. The number of amides is 1. The Balaban J connectivity index is 1.42. The summed E-state index contributed by atoms with van der Waals surface area (Å²) in [5, 5.41) is 4.11. The summed E-state index contributed by atoms with van der Waals surface area (Å²) in [5.74, 6) is 0.751. The second-order valence-corrected chi connectivity index (χ2v) is 9.94. The van der Waals surface area contributed by atoms with Gasteiger partial charge in [-0.15, -0.1) is 0 Å². The number of rotatable bonds is 4. The lowest BCUT2D eigenvalue weighted by atomic mass is 9.76. The van der Waals surface area contributed by atoms with Gasteiger partial charge in [0, 0.05) is 30.2 Å². The van der Waals surface area contributed by atoms with Gasteiger partial charge in [-0.2, -0.15) is 0 Å². The molecule has 1 aliphatic carbocycles. The number of fused-ring (bicyclic) bond motifs is 1. The Labute approximate surface area is 195 Å². The molecule has 0 spiro atoms. The Morgan fingerprint density at radius 1 is 1.15 bits per heavy atom. The Morgan fingerprint density at radius 3 is 2.82 bits per heavy atom. The number of hydrogen-bond donors (Lipinski definition) is 2. The molecule has 5 rings (SSSR count). The second-order valence-electron chi connectivity index (χ2n) is 9.94. The van der Waals surface area contributed by atoms with Crippen molar-refractivity contribution in [1.29, 1.82) is 0 Å². The molecule has 1 aromatic carbocycles. The molecule has 2 aliphatic rings. The number of pyridine rings is 2. The van der Waals surface area contributed by atoms with Crippen LogP contribution >= 0.6 is 0 Å². The maximum Gasteiger partial charge on any atom is 0.257 e. The third-order valence-corrected chi connectivity index (χ3v) is 7.35. The first kappa shape index (κ1) is 21.8. The van der Waals surface area contributed by atoms with E-state index < -0.39 is 0 Å². The number of carbonyl (C=O) groups excluding carboxylic acids is 1. The molecule has 0 bridgehead atoms. The van der Waals surface area contributed by atoms with Crippen LogP contribution in [0.3, 0.4) is 0 Å². The minimum absolute atomic E-state index is 0.155. The Kier molecular flexibility index (Phi) is 6.02. The fraction of sp³-hybridized carbons (Fsp3) is 0.444. The topological polar surface area (TPSA) is 84.1 Å². The summed E-state index contributed by atoms with van der Waals surface area (Å²) in [6, 6.07) is 10.7. The van der Waals surface area contributed by atoms with Crippen LogP contribution in [0.1, 0.15) is 67.8 Å². The highest BCUT2D eigenvalue weighted by Gasteiger charge is 2.28. The molecule has 1 saturated carbocycles. The van der Waals surface area contributed by atoms with Crippen LogP contribution in [0.5, 0.6) is 0 Å². The van der Waals surface area contributed by atoms with Gasteiger partial charge in [0.05, 0.1) is 34.8 Å². The van der Waals surface area contributed by atoms with Crippen molar-refractivity contribution in [2.24, 2.45) is 11.7 Å². The third-order valence-electron chi connectivity index (χ3n) is 7.35. The van der Waals surface area contributed by atoms with Crippen LogP contribution in [-0.4, -0.2) is 34.5 Å². The Morgan fingerprint density at radius 2 is 2.03 bits per heavy atom. The zero-order valence-corrected chi connectivity index (χ0v) is 19.5. The zero-order chi connectivity index (χ0) is 22.9. The van der Waals surface area contributed by atoms with Crippen molar-refractivity contribution in [3.63, 3.8) is 0 Å². The summed E-state index contributed by atoms with van der Waals surface area (Å²) in [6.45, 7) is 5.57. The molecule has 1 amide bonds. The van der Waals surface area contributed by atoms with Crippen LogP contribution < -0.4 is 16.0 Å². The quantitative estimate of drug-likeness (QED) is 0.586. The van der Waals surface area contributed by atoms with E-state index in [9.17, 15) is 4.79 Å². The molecule has 172 valence electrons. The summed E-state index contributed by atoms with van der Waals surface area (Å²) in [5.41, 5.74) is 10.6. The van der Waals surface area contributed by atoms with Crippen LogP contribution in [0.15, 0.2) is 48.9 Å². The van der Waals surface area contributed by atoms with Gasteiger partial charge in [-0.3, -0.25) is 14.8 Å². The number of aromatic nitrogens is 2. The van der Waals surface area contributed by atoms with Crippen molar-refractivity contribution in [3.05, 3.63) is 60.0 Å². The molecule has 0 radical (unpaired) electrons. The molecule has 3 N–H and O–H groups in total. The molecule has 0 unspecified atom stereocenters. The highest BCUT2D eigenvalue weighted by Crippen LogP contribution is 2.38. The molecule has 2 aromatic heterocycles. The molecule has 4 atom stereocenters. The first-order chi connectivity index (χ1) is 16.0. The molecular formula is C27H33N5O. The molecule has 33 heavy (non-hydrogen) atoms. The average Bonchev–Trinajstić information content (AvgIpc) is 3.23. The van der Waals surface area contributed by atoms with Gasteiger partial charge in [-0.25, -0.2) is 0 Å². The van der Waals surface area contributed by atoms with Gasteiger partial charge in [0.2, 0.25) is 0 Å². The lowest BCUT2D eigenvalue weighted by molar-refractivity contribution is 0.102. The third kappa shape index (κ3) is 4.44. The van der Waals surface area contributed by atoms with E-state index in [0.717, 1.165) is 53.6 Å². The summed E-state index contributed by atoms with van der Waals surface area (Å²) >= 11 is 0. The first-order valence-electron chi connectivity index (χ1n) is 12.2. The van der Waals surface area contributed by atoms with E-state index >= 15 is 0 Å². The van der Waals surface area contributed by atoms with E-state index in [-0.39, 0.29) is 11.9 Å². The number of nitrogens with one attached hydrogen (secondary N) is 1. The lowest BCUT2D eigenvalue weighted by Gasteiger charge is -2.32. The van der Waals surface area contributed by atoms with Gasteiger partial charge in [0.1, 0.15) is 0 Å². The maximum atomic E-state index is 13.4.